The van der Waals surface area contributed by atoms with E-state index in [0.29, 0.717) is 30.2 Å². The number of fused-ring (bicyclic) bond motifs is 1. The minimum Gasteiger partial charge on any atom is -0.493 e. The predicted molar refractivity (Wildman–Crippen MR) is 125 cm³/mol. The quantitative estimate of drug-likeness (QED) is 0.661. The summed E-state index contributed by atoms with van der Waals surface area (Å²) in [6.45, 7) is 4.30. The summed E-state index contributed by atoms with van der Waals surface area (Å²) in [6.07, 6.45) is 0.621. The number of amides is 2. The number of nitrogens with zero attached hydrogens (tertiary/aromatic N) is 3. The van der Waals surface area contributed by atoms with Gasteiger partial charge in [-0.05, 0) is 43.5 Å². The van der Waals surface area contributed by atoms with Crippen molar-refractivity contribution in [3.8, 4) is 11.5 Å². The number of carbonyl (C=O) groups excluding carboxylic acids is 1. The number of hydrazone groups is 1. The molecule has 4 rings (SSSR count). The van der Waals surface area contributed by atoms with Crippen LogP contribution in [0, 0.1) is 0 Å². The van der Waals surface area contributed by atoms with Gasteiger partial charge in [-0.3, -0.25) is 5.21 Å². The normalized spacial score (nSPS) is 18.0. The van der Waals surface area contributed by atoms with Gasteiger partial charge in [-0.25, -0.2) is 15.2 Å². The number of nitrogens with one attached hydrogen (secondary N) is 2. The number of hydroxylamine groups is 1. The van der Waals surface area contributed by atoms with Crippen molar-refractivity contribution in [1.29, 1.82) is 0 Å². The Hall–Kier alpha value is -3.56. The number of allylic oxidation sites excluding steroid dienone is 1. The molecule has 2 aliphatic rings. The predicted octanol–water partition coefficient (Wildman–Crippen LogP) is 2.98. The molecule has 0 saturated carbocycles. The highest BCUT2D eigenvalue weighted by molar-refractivity contribution is 6.14. The van der Waals surface area contributed by atoms with Crippen molar-refractivity contribution in [2.45, 2.75) is 26.3 Å². The third kappa shape index (κ3) is 4.12. The Kier molecular flexibility index (Phi) is 6.26. The number of hydrogen-bond acceptors (Lipinski definition) is 7. The summed E-state index contributed by atoms with van der Waals surface area (Å²) in [7, 11) is 4.79. The first-order chi connectivity index (χ1) is 15.9. The number of methoxy groups -OCH3 is 2. The molecule has 0 aromatic heterocycles. The lowest BCUT2D eigenvalue weighted by atomic mass is 9.93. The topological polar surface area (TPSA) is 98.7 Å². The Bertz CT molecular complexity index is 1130. The number of benzene rings is 2. The molecule has 2 aliphatic heterocycles. The van der Waals surface area contributed by atoms with Gasteiger partial charge in [0.05, 0.1) is 38.2 Å². The molecule has 3 N–H and O–H groups in total. The smallest absolute Gasteiger partial charge is 0.337 e. The van der Waals surface area contributed by atoms with E-state index in [1.807, 2.05) is 50.2 Å². The van der Waals surface area contributed by atoms with Crippen LogP contribution in [0.2, 0.25) is 0 Å². The Morgan fingerprint density at radius 2 is 1.79 bits per heavy atom. The number of rotatable bonds is 4. The Labute approximate surface area is 193 Å². The van der Waals surface area contributed by atoms with Gasteiger partial charge in [-0.1, -0.05) is 24.3 Å². The summed E-state index contributed by atoms with van der Waals surface area (Å²) in [5.74, 6) is 1.24. The first kappa shape index (κ1) is 22.6. The zero-order valence-electron chi connectivity index (χ0n) is 19.5. The van der Waals surface area contributed by atoms with Gasteiger partial charge in [0.2, 0.25) is 0 Å². The standard InChI is InChI=1S/C24H29N5O4/c1-14-22(15(2)29(31)26-14)16-6-8-17(9-7-16)23-19-13-21(33-5)20(32-4)12-18(19)10-11-28(27-23)24(30)25-3/h6-9,12-14,26,31H,10-11H2,1-5H3,(H,25,30). The summed E-state index contributed by atoms with van der Waals surface area (Å²) in [5, 5.41) is 19.9. The lowest BCUT2D eigenvalue weighted by Crippen LogP contribution is -2.35. The van der Waals surface area contributed by atoms with Crippen molar-refractivity contribution >= 4 is 17.3 Å². The molecule has 2 amide bonds. The molecule has 33 heavy (non-hydrogen) atoms. The summed E-state index contributed by atoms with van der Waals surface area (Å²) >= 11 is 0. The number of urea groups is 1. The fourth-order valence-electron chi connectivity index (χ4n) is 4.33. The second-order valence-electron chi connectivity index (χ2n) is 7.98. The summed E-state index contributed by atoms with van der Waals surface area (Å²) in [5.41, 5.74) is 9.19. The van der Waals surface area contributed by atoms with E-state index in [-0.39, 0.29) is 12.1 Å². The highest BCUT2D eigenvalue weighted by atomic mass is 16.5. The summed E-state index contributed by atoms with van der Waals surface area (Å²) in [6, 6.07) is 11.5. The Morgan fingerprint density at radius 1 is 1.15 bits per heavy atom. The largest absolute Gasteiger partial charge is 0.493 e. The van der Waals surface area contributed by atoms with Crippen LogP contribution in [0.15, 0.2) is 47.2 Å². The van der Waals surface area contributed by atoms with Gasteiger partial charge < -0.3 is 14.8 Å². The number of carbonyl (C=O) groups is 1. The van der Waals surface area contributed by atoms with E-state index >= 15 is 0 Å². The third-order valence-corrected chi connectivity index (χ3v) is 6.05. The van der Waals surface area contributed by atoms with E-state index in [1.54, 1.807) is 21.3 Å². The van der Waals surface area contributed by atoms with Crippen LogP contribution in [0.4, 0.5) is 4.79 Å². The second-order valence-corrected chi connectivity index (χ2v) is 7.98. The molecule has 9 nitrogen and oxygen atoms in total. The molecule has 0 radical (unpaired) electrons. The molecular formula is C24H29N5O4. The average molecular weight is 452 g/mol. The number of ether oxygens (including phenoxy) is 2. The SMILES string of the molecule is CNC(=O)N1CCc2cc(OC)c(OC)cc2C(c2ccc(C3=C(C)N(O)NC3C)cc2)=N1. The van der Waals surface area contributed by atoms with Crippen LogP contribution >= 0.6 is 0 Å². The van der Waals surface area contributed by atoms with Gasteiger partial charge in [-0.2, -0.15) is 10.3 Å². The average Bonchev–Trinajstić information content (AvgIpc) is 2.98. The monoisotopic (exact) mass is 451 g/mol. The molecule has 0 bridgehead atoms. The summed E-state index contributed by atoms with van der Waals surface area (Å²) in [4.78, 5) is 12.4. The van der Waals surface area contributed by atoms with Gasteiger partial charge in [0.1, 0.15) is 0 Å². The minimum absolute atomic E-state index is 0.0164. The lowest BCUT2D eigenvalue weighted by Gasteiger charge is -2.16. The van der Waals surface area contributed by atoms with Crippen LogP contribution in [0.5, 0.6) is 11.5 Å². The molecule has 2 heterocycles. The fraction of sp³-hybridized carbons (Fsp3) is 0.333. The van der Waals surface area contributed by atoms with Gasteiger partial charge in [0.15, 0.2) is 11.5 Å². The van der Waals surface area contributed by atoms with E-state index in [0.717, 1.165) is 38.7 Å². The van der Waals surface area contributed by atoms with Crippen molar-refractivity contribution in [1.82, 2.24) is 20.9 Å². The van der Waals surface area contributed by atoms with Crippen LogP contribution < -0.4 is 20.2 Å². The van der Waals surface area contributed by atoms with E-state index < -0.39 is 0 Å². The molecule has 1 atom stereocenters. The van der Waals surface area contributed by atoms with Gasteiger partial charge >= 0.3 is 6.03 Å². The first-order valence-corrected chi connectivity index (χ1v) is 10.8. The van der Waals surface area contributed by atoms with Crippen LogP contribution in [0.1, 0.15) is 36.1 Å². The van der Waals surface area contributed by atoms with E-state index in [1.165, 1.54) is 5.01 Å². The fourth-order valence-corrected chi connectivity index (χ4v) is 4.33. The molecular weight excluding hydrogens is 422 g/mol. The molecule has 9 heteroatoms. The molecule has 1 unspecified atom stereocenters. The maximum atomic E-state index is 12.4. The van der Waals surface area contributed by atoms with Gasteiger partial charge in [0.25, 0.3) is 0 Å². The van der Waals surface area contributed by atoms with Crippen molar-refractivity contribution < 1.29 is 19.5 Å². The van der Waals surface area contributed by atoms with E-state index in [2.05, 4.69) is 10.7 Å². The summed E-state index contributed by atoms with van der Waals surface area (Å²) < 4.78 is 11.0. The van der Waals surface area contributed by atoms with Crippen LogP contribution in [0.25, 0.3) is 5.57 Å². The van der Waals surface area contributed by atoms with Crippen LogP contribution in [-0.2, 0) is 6.42 Å². The van der Waals surface area contributed by atoms with E-state index in [4.69, 9.17) is 14.6 Å². The van der Waals surface area contributed by atoms with Gasteiger partial charge in [-0.15, -0.1) is 0 Å². The molecule has 0 aliphatic carbocycles. The molecule has 0 spiro atoms. The molecule has 174 valence electrons. The zero-order valence-corrected chi connectivity index (χ0v) is 19.5. The van der Waals surface area contributed by atoms with Crippen LogP contribution in [0.3, 0.4) is 0 Å². The highest BCUT2D eigenvalue weighted by Gasteiger charge is 2.27. The van der Waals surface area contributed by atoms with Crippen molar-refractivity contribution in [2.24, 2.45) is 5.10 Å². The Morgan fingerprint density at radius 3 is 2.36 bits per heavy atom. The van der Waals surface area contributed by atoms with Gasteiger partial charge in [0, 0.05) is 23.7 Å². The minimum atomic E-state index is -0.273. The molecule has 2 aromatic rings. The number of hydrazine groups is 1. The van der Waals surface area contributed by atoms with Crippen molar-refractivity contribution in [3.05, 3.63) is 64.3 Å². The van der Waals surface area contributed by atoms with Crippen molar-refractivity contribution in [3.63, 3.8) is 0 Å². The maximum Gasteiger partial charge on any atom is 0.337 e. The molecule has 0 fully saturated rings. The molecule has 0 saturated heterocycles. The van der Waals surface area contributed by atoms with Crippen molar-refractivity contribution in [2.75, 3.05) is 27.8 Å². The number of hydrogen-bond donors (Lipinski definition) is 3. The zero-order chi connectivity index (χ0) is 23.7. The maximum absolute atomic E-state index is 12.4. The molecule has 2 aromatic carbocycles. The highest BCUT2D eigenvalue weighted by Crippen LogP contribution is 2.34. The Balaban J connectivity index is 1.81. The first-order valence-electron chi connectivity index (χ1n) is 10.8. The lowest BCUT2D eigenvalue weighted by molar-refractivity contribution is -0.0953. The van der Waals surface area contributed by atoms with E-state index in [9.17, 15) is 10.0 Å². The second kappa shape index (κ2) is 9.13. The third-order valence-electron chi connectivity index (χ3n) is 6.05. The van der Waals surface area contributed by atoms with Crippen LogP contribution in [-0.4, -0.2) is 61.0 Å².